The van der Waals surface area contributed by atoms with E-state index in [9.17, 15) is 41.4 Å². The van der Waals surface area contributed by atoms with Crippen LogP contribution in [0.5, 0.6) is 5.75 Å². The molecule has 1 heterocycles. The third-order valence-electron chi connectivity index (χ3n) is 6.36. The summed E-state index contributed by atoms with van der Waals surface area (Å²) in [6.07, 6.45) is -1.18. The first-order chi connectivity index (χ1) is 23.7. The molecule has 0 fully saturated rings. The summed E-state index contributed by atoms with van der Waals surface area (Å²) < 4.78 is 87.2. The average molecular weight is 846 g/mol. The van der Waals surface area contributed by atoms with Crippen LogP contribution in [0, 0.1) is 13.0 Å². The number of anilines is 3. The number of sulfone groups is 1. The Kier molecular flexibility index (Phi) is 22.1. The smallest absolute Gasteiger partial charge is 0.744 e. The Bertz CT molecular complexity index is 2100. The van der Waals surface area contributed by atoms with E-state index in [1.807, 2.05) is 0 Å². The van der Waals surface area contributed by atoms with Gasteiger partial charge in [-0.15, -0.1) is 14.6 Å². The van der Waals surface area contributed by atoms with Gasteiger partial charge in [0.1, 0.15) is 21.5 Å². The topological polar surface area (TPSA) is 282 Å². The van der Waals surface area contributed by atoms with Crippen LogP contribution in [0.1, 0.15) is 5.56 Å². The van der Waals surface area contributed by atoms with E-state index in [4.69, 9.17) is 4.18 Å². The third kappa shape index (κ3) is 15.2. The van der Waals surface area contributed by atoms with Gasteiger partial charge in [-0.05, 0) is 54.3 Å². The van der Waals surface area contributed by atoms with Gasteiger partial charge in [0.05, 0.1) is 39.9 Å². The molecule has 0 aliphatic rings. The SMILES string of the molecule is Cc1ccc(N=Nc2c(SOO[O-])cc3cc(Nc4nc(F)nc(N(C)CCS(=O)(=O)CCOSOO[O-])n4)ccc3c2O)c(S(=O)(=O)[O-])c1.[Na+].[Na+].[Na+]. The number of aromatic nitrogens is 3. The maximum absolute atomic E-state index is 14.4. The van der Waals surface area contributed by atoms with Gasteiger partial charge in [0.2, 0.25) is 11.9 Å². The van der Waals surface area contributed by atoms with Gasteiger partial charge in [-0.1, -0.05) is 6.07 Å². The fraction of sp³-hybridized carbons (Fsp3) is 0.240. The number of rotatable bonds is 18. The molecule has 53 heavy (non-hydrogen) atoms. The van der Waals surface area contributed by atoms with Crippen LogP contribution in [0.15, 0.2) is 62.5 Å². The first-order valence-corrected chi connectivity index (χ1v) is 18.1. The Morgan fingerprint density at radius 1 is 0.962 bits per heavy atom. The van der Waals surface area contributed by atoms with Crippen molar-refractivity contribution in [2.24, 2.45) is 10.2 Å². The Morgan fingerprint density at radius 3 is 2.36 bits per heavy atom. The molecule has 2 N–H and O–H groups in total. The van der Waals surface area contributed by atoms with E-state index >= 15 is 0 Å². The molecule has 0 radical (unpaired) electrons. The zero-order valence-corrected chi connectivity index (χ0v) is 37.7. The molecule has 0 atom stereocenters. The maximum atomic E-state index is 14.4. The van der Waals surface area contributed by atoms with Crippen LogP contribution < -0.4 is 109 Å². The van der Waals surface area contributed by atoms with Crippen LogP contribution in [0.25, 0.3) is 10.8 Å². The number of hydrogen-bond donors (Lipinski definition) is 2. The summed E-state index contributed by atoms with van der Waals surface area (Å²) in [4.78, 5) is 12.0. The zero-order valence-electron chi connectivity index (χ0n) is 28.4. The second-order valence-corrected chi connectivity index (χ2v) is 14.7. The largest absolute Gasteiger partial charge is 1.00 e. The minimum Gasteiger partial charge on any atom is -0.744 e. The number of fused-ring (bicyclic) bond motifs is 1. The van der Waals surface area contributed by atoms with Gasteiger partial charge in [-0.25, -0.2) is 16.8 Å². The summed E-state index contributed by atoms with van der Waals surface area (Å²) >= 11 is 0.517. The molecule has 0 aliphatic heterocycles. The predicted octanol–water partition coefficient (Wildman–Crippen LogP) is -6.86. The number of phenolic OH excluding ortho intramolecular Hbond substituents is 1. The van der Waals surface area contributed by atoms with E-state index in [1.165, 1.54) is 48.3 Å². The molecule has 3 aromatic carbocycles. The molecule has 1 aromatic heterocycles. The van der Waals surface area contributed by atoms with Crippen molar-refractivity contribution >= 4 is 84.1 Å². The summed E-state index contributed by atoms with van der Waals surface area (Å²) in [6.45, 7) is 1.13. The van der Waals surface area contributed by atoms with Crippen molar-refractivity contribution in [2.75, 3.05) is 41.9 Å². The first-order valence-electron chi connectivity index (χ1n) is 13.5. The van der Waals surface area contributed by atoms with Gasteiger partial charge >= 0.3 is 94.8 Å². The van der Waals surface area contributed by atoms with Crippen LogP contribution in [0.4, 0.5) is 33.3 Å². The van der Waals surface area contributed by atoms with Crippen molar-refractivity contribution in [2.45, 2.75) is 16.7 Å². The summed E-state index contributed by atoms with van der Waals surface area (Å²) in [7, 11) is -7.15. The number of halogens is 1. The van der Waals surface area contributed by atoms with Gasteiger partial charge in [-0.3, -0.25) is 14.3 Å². The van der Waals surface area contributed by atoms with E-state index in [0.717, 1.165) is 6.07 Å². The van der Waals surface area contributed by atoms with E-state index in [0.29, 0.717) is 23.0 Å². The molecule has 28 heteroatoms. The number of hydrogen-bond acceptors (Lipinski definition) is 22. The first kappa shape index (κ1) is 50.2. The molecule has 0 bridgehead atoms. The maximum Gasteiger partial charge on any atom is 1.00 e. The van der Waals surface area contributed by atoms with E-state index in [2.05, 4.69) is 49.2 Å². The molecule has 0 spiro atoms. The van der Waals surface area contributed by atoms with Crippen molar-refractivity contribution < 1.29 is 153 Å². The standard InChI is InChI=1S/C25H26FN7O13S4.3Na/c1-14-3-6-18(20(11-14)50(39,40)41)31-32-21-19(47-45-43-35)13-15-12-16(4-5-17(15)22(21)34)27-24-28-23(26)29-25(30-24)33(2)7-9-49(37,38)10-8-42-48-46-44-36;;;/h3-6,11-13,34-36H,7-10H2,1-2H3,(H,39,40,41)(H,27,28,29,30);;;/q;3*+1/p-3. The van der Waals surface area contributed by atoms with E-state index in [-0.39, 0.29) is 159 Å². The van der Waals surface area contributed by atoms with Gasteiger partial charge in [0.15, 0.2) is 27.9 Å². The van der Waals surface area contributed by atoms with Crippen molar-refractivity contribution in [1.82, 2.24) is 15.0 Å². The molecule has 0 amide bonds. The van der Waals surface area contributed by atoms with Gasteiger partial charge in [-0.2, -0.15) is 23.7 Å². The molecule has 20 nitrogen and oxygen atoms in total. The number of azo groups is 1. The quantitative estimate of drug-likeness (QED) is 0.0179. The van der Waals surface area contributed by atoms with Crippen molar-refractivity contribution in [3.05, 3.63) is 54.1 Å². The summed E-state index contributed by atoms with van der Waals surface area (Å²) in [5.41, 5.74) is 0.182. The fourth-order valence-corrected chi connectivity index (χ4v) is 6.65. The van der Waals surface area contributed by atoms with Crippen LogP contribution in [-0.4, -0.2) is 73.2 Å². The normalized spacial score (nSPS) is 11.5. The Hall–Kier alpha value is -0.860. The third-order valence-corrected chi connectivity index (χ3v) is 9.81. The van der Waals surface area contributed by atoms with Crippen molar-refractivity contribution in [1.29, 1.82) is 0 Å². The van der Waals surface area contributed by atoms with Gasteiger partial charge in [0.25, 0.3) is 0 Å². The number of nitrogens with zero attached hydrogens (tertiary/aromatic N) is 6. The number of nitrogens with one attached hydrogen (secondary N) is 1. The van der Waals surface area contributed by atoms with E-state index in [1.54, 1.807) is 6.92 Å². The molecule has 0 aliphatic carbocycles. The minimum absolute atomic E-state index is 0. The van der Waals surface area contributed by atoms with Crippen LogP contribution >= 0.6 is 24.4 Å². The van der Waals surface area contributed by atoms with E-state index < -0.39 is 42.4 Å². The Morgan fingerprint density at radius 2 is 1.68 bits per heavy atom. The predicted molar refractivity (Wildman–Crippen MR) is 168 cm³/mol. The molecule has 270 valence electrons. The number of aryl methyl sites for hydroxylation is 1. The second-order valence-electron chi connectivity index (χ2n) is 9.81. The Balaban J connectivity index is 0.00000468. The molecule has 0 saturated carbocycles. The Labute approximate surface area is 376 Å². The number of aromatic hydroxyl groups is 1. The van der Waals surface area contributed by atoms with Crippen LogP contribution in [-0.2, 0) is 42.9 Å². The molecular weight excluding hydrogens is 823 g/mol. The minimum atomic E-state index is -4.93. The number of benzene rings is 3. The van der Waals surface area contributed by atoms with Crippen molar-refractivity contribution in [3.8, 4) is 5.75 Å². The fourth-order valence-electron chi connectivity index (χ4n) is 4.05. The van der Waals surface area contributed by atoms with Gasteiger partial charge < -0.3 is 30.4 Å². The molecule has 0 saturated heterocycles. The molecule has 4 rings (SSSR count). The monoisotopic (exact) mass is 845 g/mol. The summed E-state index contributed by atoms with van der Waals surface area (Å²) in [6, 6.07) is 9.64. The zero-order chi connectivity index (χ0) is 36.5. The number of phenols is 1. The van der Waals surface area contributed by atoms with Crippen LogP contribution in [0.3, 0.4) is 0 Å². The second kappa shape index (κ2) is 23.4. The van der Waals surface area contributed by atoms with Crippen molar-refractivity contribution in [3.63, 3.8) is 0 Å². The molecule has 0 unspecified atom stereocenters. The summed E-state index contributed by atoms with van der Waals surface area (Å²) in [5, 5.41) is 48.9. The van der Waals surface area contributed by atoms with Crippen LogP contribution in [0.2, 0.25) is 0 Å². The molecule has 4 aromatic rings. The summed E-state index contributed by atoms with van der Waals surface area (Å²) in [5.74, 6) is -1.73. The molecular formula is C25H23FN7Na3O13S4. The van der Waals surface area contributed by atoms with Gasteiger partial charge in [0, 0.05) is 24.7 Å². The average Bonchev–Trinajstić information content (AvgIpc) is 3.05.